The molecule has 0 atom stereocenters. The molecule has 1 aliphatic carbocycles. The van der Waals surface area contributed by atoms with E-state index in [4.69, 9.17) is 0 Å². The number of amides is 1. The highest BCUT2D eigenvalue weighted by molar-refractivity contribution is 7.99. The van der Waals surface area contributed by atoms with Crippen LogP contribution in [0.3, 0.4) is 0 Å². The number of rotatable bonds is 8. The predicted octanol–water partition coefficient (Wildman–Crippen LogP) is 3.19. The van der Waals surface area contributed by atoms with Gasteiger partial charge in [0.15, 0.2) is 5.16 Å². The largest absolute Gasteiger partial charge is 0.355 e. The topological polar surface area (TPSA) is 63.1 Å². The van der Waals surface area contributed by atoms with E-state index in [2.05, 4.69) is 25.0 Å². The molecule has 2 aromatic rings. The molecule has 8 heteroatoms. The van der Waals surface area contributed by atoms with Crippen molar-refractivity contribution in [2.75, 3.05) is 30.3 Å². The van der Waals surface area contributed by atoms with E-state index < -0.39 is 0 Å². The third kappa shape index (κ3) is 4.84. The summed E-state index contributed by atoms with van der Waals surface area (Å²) in [4.78, 5) is 14.5. The minimum atomic E-state index is -0.243. The Kier molecular flexibility index (Phi) is 6.14. The van der Waals surface area contributed by atoms with E-state index in [1.165, 1.54) is 43.2 Å². The summed E-state index contributed by atoms with van der Waals surface area (Å²) in [7, 11) is 0. The first-order valence-corrected chi connectivity index (χ1v) is 11.0. The van der Waals surface area contributed by atoms with Gasteiger partial charge in [-0.2, -0.15) is 0 Å². The average molecular weight is 404 g/mol. The van der Waals surface area contributed by atoms with Gasteiger partial charge >= 0.3 is 0 Å². The van der Waals surface area contributed by atoms with Gasteiger partial charge < -0.3 is 10.2 Å². The number of hydrogen-bond donors (Lipinski definition) is 1. The summed E-state index contributed by atoms with van der Waals surface area (Å²) >= 11 is 1.46. The third-order valence-electron chi connectivity index (χ3n) is 5.18. The zero-order valence-corrected chi connectivity index (χ0v) is 16.8. The number of anilines is 1. The molecule has 28 heavy (non-hydrogen) atoms. The second-order valence-corrected chi connectivity index (χ2v) is 8.39. The number of halogens is 1. The van der Waals surface area contributed by atoms with Crippen molar-refractivity contribution in [1.82, 2.24) is 20.1 Å². The molecule has 4 rings (SSSR count). The molecule has 2 fully saturated rings. The lowest BCUT2D eigenvalue weighted by Crippen LogP contribution is -2.32. The van der Waals surface area contributed by atoms with Gasteiger partial charge in [0.25, 0.3) is 0 Å². The number of carbonyl (C=O) groups excluding carboxylic acids is 1. The fourth-order valence-corrected chi connectivity index (χ4v) is 4.34. The number of nitrogens with one attached hydrogen (secondary N) is 1. The van der Waals surface area contributed by atoms with Crippen LogP contribution in [0.1, 0.15) is 43.7 Å². The molecule has 2 aliphatic rings. The van der Waals surface area contributed by atoms with Gasteiger partial charge in [0.1, 0.15) is 5.82 Å². The smallest absolute Gasteiger partial charge is 0.230 e. The van der Waals surface area contributed by atoms with Gasteiger partial charge in [0, 0.05) is 25.7 Å². The van der Waals surface area contributed by atoms with Crippen molar-refractivity contribution in [3.63, 3.8) is 0 Å². The Morgan fingerprint density at radius 3 is 2.61 bits per heavy atom. The summed E-state index contributed by atoms with van der Waals surface area (Å²) in [6, 6.07) is 6.86. The number of nitrogens with zero attached hydrogens (tertiary/aromatic N) is 4. The van der Waals surface area contributed by atoms with E-state index in [1.54, 1.807) is 12.1 Å². The van der Waals surface area contributed by atoms with Gasteiger partial charge in [-0.1, -0.05) is 23.9 Å². The normalized spacial score (nSPS) is 17.0. The van der Waals surface area contributed by atoms with Crippen molar-refractivity contribution in [3.05, 3.63) is 35.6 Å². The van der Waals surface area contributed by atoms with Crippen LogP contribution in [-0.4, -0.2) is 46.1 Å². The first-order valence-electron chi connectivity index (χ1n) is 10.0. The molecule has 150 valence electrons. The highest BCUT2D eigenvalue weighted by atomic mass is 32.2. The fourth-order valence-electron chi connectivity index (χ4n) is 3.51. The number of carbonyl (C=O) groups is 1. The van der Waals surface area contributed by atoms with E-state index in [9.17, 15) is 9.18 Å². The maximum absolute atomic E-state index is 12.9. The molecule has 1 aliphatic heterocycles. The zero-order chi connectivity index (χ0) is 19.3. The van der Waals surface area contributed by atoms with Crippen molar-refractivity contribution in [3.8, 4) is 0 Å². The van der Waals surface area contributed by atoms with E-state index in [-0.39, 0.29) is 11.7 Å². The Morgan fingerprint density at radius 2 is 1.89 bits per heavy atom. The number of aromatic nitrogens is 3. The van der Waals surface area contributed by atoms with Crippen molar-refractivity contribution in [2.45, 2.75) is 49.7 Å². The van der Waals surface area contributed by atoms with Crippen molar-refractivity contribution in [2.24, 2.45) is 0 Å². The van der Waals surface area contributed by atoms with Gasteiger partial charge in [-0.05, 0) is 56.2 Å². The van der Waals surface area contributed by atoms with Crippen LogP contribution >= 0.6 is 11.8 Å². The fraction of sp³-hybridized carbons (Fsp3) is 0.550. The van der Waals surface area contributed by atoms with Crippen LogP contribution in [0.5, 0.6) is 0 Å². The van der Waals surface area contributed by atoms with Crippen LogP contribution < -0.4 is 10.2 Å². The van der Waals surface area contributed by atoms with Crippen LogP contribution in [0, 0.1) is 5.82 Å². The van der Waals surface area contributed by atoms with E-state index >= 15 is 0 Å². The zero-order valence-electron chi connectivity index (χ0n) is 15.9. The van der Waals surface area contributed by atoms with E-state index in [0.29, 0.717) is 24.8 Å². The minimum absolute atomic E-state index is 0.0167. The maximum Gasteiger partial charge on any atom is 0.230 e. The molecule has 2 heterocycles. The molecule has 1 saturated carbocycles. The quantitative estimate of drug-likeness (QED) is 0.686. The molecule has 0 spiro atoms. The standard InChI is InChI=1S/C20H26FN5OS/c21-16-6-4-15(5-7-16)10-11-22-18(27)14-28-20-24-23-19(26(20)17-8-9-17)25-12-2-1-3-13-25/h4-7,17H,1-3,8-14H2,(H,22,27). The summed E-state index contributed by atoms with van der Waals surface area (Å²) in [5.74, 6) is 1.04. The number of thioether (sulfide) groups is 1. The first kappa shape index (κ1) is 19.2. The van der Waals surface area contributed by atoms with Gasteiger partial charge in [0.2, 0.25) is 11.9 Å². The molecule has 0 bridgehead atoms. The van der Waals surface area contributed by atoms with Gasteiger partial charge in [0.05, 0.1) is 5.75 Å². The van der Waals surface area contributed by atoms with E-state index in [0.717, 1.165) is 42.6 Å². The van der Waals surface area contributed by atoms with Gasteiger partial charge in [-0.3, -0.25) is 9.36 Å². The first-order chi connectivity index (χ1) is 13.7. The van der Waals surface area contributed by atoms with Crippen molar-refractivity contribution < 1.29 is 9.18 Å². The Labute approximate surface area is 168 Å². The lowest BCUT2D eigenvalue weighted by atomic mass is 10.1. The summed E-state index contributed by atoms with van der Waals surface area (Å²) in [5.41, 5.74) is 1.01. The summed E-state index contributed by atoms with van der Waals surface area (Å²) in [6.45, 7) is 2.62. The second kappa shape index (κ2) is 8.94. The molecule has 1 aromatic carbocycles. The molecular weight excluding hydrogens is 377 g/mol. The lowest BCUT2D eigenvalue weighted by molar-refractivity contribution is -0.118. The average Bonchev–Trinajstić information content (AvgIpc) is 3.47. The molecular formula is C20H26FN5OS. The van der Waals surface area contributed by atoms with Gasteiger partial charge in [-0.15, -0.1) is 10.2 Å². The van der Waals surface area contributed by atoms with Gasteiger partial charge in [-0.25, -0.2) is 4.39 Å². The molecule has 1 N–H and O–H groups in total. The van der Waals surface area contributed by atoms with Crippen LogP contribution in [0.2, 0.25) is 0 Å². The molecule has 0 unspecified atom stereocenters. The Hall–Kier alpha value is -2.09. The summed E-state index contributed by atoms with van der Waals surface area (Å²) in [6.07, 6.45) is 6.71. The Bertz CT molecular complexity index is 799. The Balaban J connectivity index is 1.28. The minimum Gasteiger partial charge on any atom is -0.355 e. The van der Waals surface area contributed by atoms with Crippen molar-refractivity contribution >= 4 is 23.6 Å². The van der Waals surface area contributed by atoms with Crippen molar-refractivity contribution in [1.29, 1.82) is 0 Å². The molecule has 0 radical (unpaired) electrons. The molecule has 1 saturated heterocycles. The van der Waals surface area contributed by atoms with Crippen LogP contribution in [0.4, 0.5) is 10.3 Å². The SMILES string of the molecule is O=C(CSc1nnc(N2CCCCC2)n1C1CC1)NCCc1ccc(F)cc1. The highest BCUT2D eigenvalue weighted by Gasteiger charge is 2.32. The van der Waals surface area contributed by atoms with Crippen LogP contribution in [0.25, 0.3) is 0 Å². The van der Waals surface area contributed by atoms with E-state index in [1.807, 2.05) is 0 Å². The summed E-state index contributed by atoms with van der Waals surface area (Å²) in [5, 5.41) is 12.6. The number of hydrogen-bond acceptors (Lipinski definition) is 5. The maximum atomic E-state index is 12.9. The monoisotopic (exact) mass is 403 g/mol. The molecule has 6 nitrogen and oxygen atoms in total. The van der Waals surface area contributed by atoms with Crippen LogP contribution in [0.15, 0.2) is 29.4 Å². The predicted molar refractivity (Wildman–Crippen MR) is 108 cm³/mol. The lowest BCUT2D eigenvalue weighted by Gasteiger charge is -2.27. The summed E-state index contributed by atoms with van der Waals surface area (Å²) < 4.78 is 15.2. The van der Waals surface area contributed by atoms with Crippen LogP contribution in [-0.2, 0) is 11.2 Å². The molecule has 1 aromatic heterocycles. The Morgan fingerprint density at radius 1 is 1.14 bits per heavy atom. The highest BCUT2D eigenvalue weighted by Crippen LogP contribution is 2.41. The number of piperidine rings is 1. The number of benzene rings is 1. The second-order valence-electron chi connectivity index (χ2n) is 7.45. The molecule has 1 amide bonds. The third-order valence-corrected chi connectivity index (χ3v) is 6.12.